The number of aliphatic hydroxyl groups is 1. The first-order valence-electron chi connectivity index (χ1n) is 8.08. The van der Waals surface area contributed by atoms with Crippen LogP contribution in [0.2, 0.25) is 0 Å². The quantitative estimate of drug-likeness (QED) is 0.406. The second-order valence-corrected chi connectivity index (χ2v) is 5.34. The lowest BCUT2D eigenvalue weighted by atomic mass is 10.0. The molecule has 0 aromatic heterocycles. The number of benzene rings is 2. The average molecular weight is 358 g/mol. The Kier molecular flexibility index (Phi) is 7.60. The Labute approximate surface area is 152 Å². The van der Waals surface area contributed by atoms with Crippen LogP contribution in [0.4, 0.5) is 0 Å². The number of aliphatic hydroxyl groups excluding tert-OH is 1. The zero-order chi connectivity index (χ0) is 18.8. The highest BCUT2D eigenvalue weighted by Crippen LogP contribution is 2.19. The van der Waals surface area contributed by atoms with Crippen molar-refractivity contribution in [3.8, 4) is 5.75 Å². The van der Waals surface area contributed by atoms with Crippen LogP contribution < -0.4 is 10.2 Å². The monoisotopic (exact) mass is 358 g/mol. The van der Waals surface area contributed by atoms with E-state index in [0.717, 1.165) is 16.9 Å². The highest BCUT2D eigenvalue weighted by molar-refractivity contribution is 6.45. The predicted octanol–water partition coefficient (Wildman–Crippen LogP) is 1.96. The molecule has 2 rings (SSSR count). The Morgan fingerprint density at radius 1 is 1.15 bits per heavy atom. The van der Waals surface area contributed by atoms with Gasteiger partial charge in [-0.25, -0.2) is 5.48 Å². The number of hydrogen-bond donors (Lipinski definition) is 2. The van der Waals surface area contributed by atoms with Gasteiger partial charge in [-0.1, -0.05) is 47.6 Å². The fourth-order valence-corrected chi connectivity index (χ4v) is 2.27. The molecule has 0 atom stereocenters. The van der Waals surface area contributed by atoms with Crippen LogP contribution in [0.3, 0.4) is 0 Å². The molecular weight excluding hydrogens is 336 g/mol. The van der Waals surface area contributed by atoms with E-state index in [-0.39, 0.29) is 25.5 Å². The van der Waals surface area contributed by atoms with Crippen molar-refractivity contribution in [3.63, 3.8) is 0 Å². The fraction of sp³-hybridized carbons (Fsp3) is 0.263. The summed E-state index contributed by atoms with van der Waals surface area (Å²) in [6, 6.07) is 14.9. The van der Waals surface area contributed by atoms with E-state index in [4.69, 9.17) is 19.5 Å². The average Bonchev–Trinajstić information content (AvgIpc) is 2.66. The van der Waals surface area contributed by atoms with E-state index >= 15 is 0 Å². The topological polar surface area (TPSA) is 89.4 Å². The molecule has 0 saturated heterocycles. The number of aryl methyl sites for hydroxylation is 1. The summed E-state index contributed by atoms with van der Waals surface area (Å²) in [5.41, 5.74) is 4.63. The number of para-hydroxylation sites is 1. The minimum Gasteiger partial charge on any atom is -0.489 e. The van der Waals surface area contributed by atoms with E-state index in [0.29, 0.717) is 5.56 Å². The van der Waals surface area contributed by atoms with Gasteiger partial charge in [0.15, 0.2) is 5.71 Å². The maximum atomic E-state index is 12.3. The van der Waals surface area contributed by atoms with Crippen LogP contribution >= 0.6 is 0 Å². The molecule has 0 unspecified atom stereocenters. The van der Waals surface area contributed by atoms with E-state index in [2.05, 4.69) is 10.6 Å². The largest absolute Gasteiger partial charge is 0.489 e. The van der Waals surface area contributed by atoms with Crippen molar-refractivity contribution >= 4 is 11.6 Å². The van der Waals surface area contributed by atoms with Gasteiger partial charge in [0, 0.05) is 5.56 Å². The standard InChI is InChI=1S/C19H22N2O5/c1-14-7-3-6-10-17(14)25-13-15-8-4-5-9-16(15)18(20-24-2)19(23)21-26-12-11-22/h3-10,22H,11-13H2,1-2H3,(H,21,23)/b20-18+. The lowest BCUT2D eigenvalue weighted by molar-refractivity contribution is -0.127. The van der Waals surface area contributed by atoms with Crippen molar-refractivity contribution in [1.29, 1.82) is 0 Å². The molecule has 0 bridgehead atoms. The maximum absolute atomic E-state index is 12.3. The molecule has 0 aliphatic carbocycles. The zero-order valence-electron chi connectivity index (χ0n) is 14.8. The van der Waals surface area contributed by atoms with E-state index in [9.17, 15) is 4.79 Å². The summed E-state index contributed by atoms with van der Waals surface area (Å²) in [6.07, 6.45) is 0. The SMILES string of the molecule is CO/N=C(/C(=O)NOCCO)c1ccccc1COc1ccccc1C. The number of amides is 1. The van der Waals surface area contributed by atoms with Gasteiger partial charge in [0.1, 0.15) is 19.5 Å². The van der Waals surface area contributed by atoms with Crippen LogP contribution in [0, 0.1) is 6.92 Å². The third-order valence-electron chi connectivity index (χ3n) is 3.51. The molecule has 2 aromatic rings. The van der Waals surface area contributed by atoms with Crippen molar-refractivity contribution in [3.05, 3.63) is 65.2 Å². The number of carbonyl (C=O) groups excluding carboxylic acids is 1. The second kappa shape index (κ2) is 10.2. The van der Waals surface area contributed by atoms with Gasteiger partial charge in [0.25, 0.3) is 5.91 Å². The third-order valence-corrected chi connectivity index (χ3v) is 3.51. The number of oxime groups is 1. The third kappa shape index (κ3) is 5.30. The molecule has 2 N–H and O–H groups in total. The van der Waals surface area contributed by atoms with Crippen molar-refractivity contribution in [2.45, 2.75) is 13.5 Å². The molecule has 0 fully saturated rings. The number of hydrogen-bond acceptors (Lipinski definition) is 6. The molecule has 0 aliphatic rings. The molecule has 0 heterocycles. The van der Waals surface area contributed by atoms with Crippen LogP contribution in [-0.4, -0.2) is 37.0 Å². The maximum Gasteiger partial charge on any atom is 0.297 e. The first-order chi connectivity index (χ1) is 12.7. The Balaban J connectivity index is 2.20. The molecule has 7 heteroatoms. The Hall–Kier alpha value is -2.90. The Morgan fingerprint density at radius 2 is 1.88 bits per heavy atom. The number of carbonyl (C=O) groups is 1. The highest BCUT2D eigenvalue weighted by atomic mass is 16.7. The minimum absolute atomic E-state index is 0.0238. The van der Waals surface area contributed by atoms with Gasteiger partial charge in [-0.2, -0.15) is 0 Å². The van der Waals surface area contributed by atoms with E-state index in [1.165, 1.54) is 7.11 Å². The van der Waals surface area contributed by atoms with Gasteiger partial charge in [0.2, 0.25) is 0 Å². The summed E-state index contributed by atoms with van der Waals surface area (Å²) < 4.78 is 5.88. The van der Waals surface area contributed by atoms with Crippen LogP contribution in [-0.2, 0) is 21.1 Å². The van der Waals surface area contributed by atoms with E-state index in [1.54, 1.807) is 12.1 Å². The molecule has 0 saturated carbocycles. The summed E-state index contributed by atoms with van der Waals surface area (Å²) >= 11 is 0. The summed E-state index contributed by atoms with van der Waals surface area (Å²) in [4.78, 5) is 22.0. The van der Waals surface area contributed by atoms with Gasteiger partial charge < -0.3 is 14.7 Å². The zero-order valence-corrected chi connectivity index (χ0v) is 14.8. The van der Waals surface area contributed by atoms with E-state index in [1.807, 2.05) is 43.3 Å². The first kappa shape index (κ1) is 19.4. The van der Waals surface area contributed by atoms with Gasteiger partial charge in [-0.05, 0) is 24.1 Å². The number of hydroxylamine groups is 1. The molecule has 0 spiro atoms. The normalized spacial score (nSPS) is 11.1. The Morgan fingerprint density at radius 3 is 2.62 bits per heavy atom. The lowest BCUT2D eigenvalue weighted by Gasteiger charge is -2.13. The van der Waals surface area contributed by atoms with Crippen LogP contribution in [0.1, 0.15) is 16.7 Å². The number of rotatable bonds is 9. The van der Waals surface area contributed by atoms with Crippen molar-refractivity contribution < 1.29 is 24.3 Å². The molecule has 7 nitrogen and oxygen atoms in total. The fourth-order valence-electron chi connectivity index (χ4n) is 2.27. The van der Waals surface area contributed by atoms with Gasteiger partial charge in [-0.15, -0.1) is 0 Å². The smallest absolute Gasteiger partial charge is 0.297 e. The van der Waals surface area contributed by atoms with Gasteiger partial charge >= 0.3 is 0 Å². The summed E-state index contributed by atoms with van der Waals surface area (Å²) in [7, 11) is 1.36. The summed E-state index contributed by atoms with van der Waals surface area (Å²) in [5, 5.41) is 12.5. The number of ether oxygens (including phenoxy) is 1. The molecule has 1 amide bonds. The lowest BCUT2D eigenvalue weighted by Crippen LogP contribution is -2.33. The Bertz CT molecular complexity index is 761. The van der Waals surface area contributed by atoms with E-state index < -0.39 is 5.91 Å². The van der Waals surface area contributed by atoms with Crippen molar-refractivity contribution in [1.82, 2.24) is 5.48 Å². The summed E-state index contributed by atoms with van der Waals surface area (Å²) in [5.74, 6) is 0.187. The number of nitrogens with zero attached hydrogens (tertiary/aromatic N) is 1. The second-order valence-electron chi connectivity index (χ2n) is 5.34. The molecule has 2 aromatic carbocycles. The molecular formula is C19H22N2O5. The predicted molar refractivity (Wildman–Crippen MR) is 96.7 cm³/mol. The van der Waals surface area contributed by atoms with Gasteiger partial charge in [0.05, 0.1) is 13.2 Å². The van der Waals surface area contributed by atoms with Gasteiger partial charge in [-0.3, -0.25) is 9.63 Å². The van der Waals surface area contributed by atoms with Crippen LogP contribution in [0.5, 0.6) is 5.75 Å². The first-order valence-corrected chi connectivity index (χ1v) is 8.08. The minimum atomic E-state index is -0.580. The molecule has 0 aliphatic heterocycles. The summed E-state index contributed by atoms with van der Waals surface area (Å²) in [6.45, 7) is 1.99. The van der Waals surface area contributed by atoms with Crippen LogP contribution in [0.15, 0.2) is 53.7 Å². The molecule has 138 valence electrons. The van der Waals surface area contributed by atoms with Crippen molar-refractivity contribution in [2.75, 3.05) is 20.3 Å². The van der Waals surface area contributed by atoms with Crippen LogP contribution in [0.25, 0.3) is 0 Å². The molecule has 26 heavy (non-hydrogen) atoms. The molecule has 0 radical (unpaired) electrons. The highest BCUT2D eigenvalue weighted by Gasteiger charge is 2.19. The van der Waals surface area contributed by atoms with Crippen molar-refractivity contribution in [2.24, 2.45) is 5.16 Å². The number of nitrogens with one attached hydrogen (secondary N) is 1.